The summed E-state index contributed by atoms with van der Waals surface area (Å²) in [7, 11) is 3.52. The second kappa shape index (κ2) is 13.7. The SMILES string of the molecule is CN=C(NCc1cccc(NC(C)=O)c1)N1CCC(OCCCOC)CC1.I. The number of piperidine rings is 1. The Bertz CT molecular complexity index is 619. The van der Waals surface area contributed by atoms with E-state index in [4.69, 9.17) is 9.47 Å². The molecule has 1 aliphatic rings. The van der Waals surface area contributed by atoms with E-state index in [1.807, 2.05) is 31.3 Å². The number of hydrogen-bond donors (Lipinski definition) is 2. The summed E-state index contributed by atoms with van der Waals surface area (Å²) in [6.07, 6.45) is 3.28. The number of nitrogens with zero attached hydrogens (tertiary/aromatic N) is 2. The molecule has 1 aromatic rings. The molecule has 0 spiro atoms. The van der Waals surface area contributed by atoms with Crippen LogP contribution in [0.5, 0.6) is 0 Å². The molecule has 0 atom stereocenters. The maximum absolute atomic E-state index is 11.2. The van der Waals surface area contributed by atoms with Crippen molar-refractivity contribution in [2.75, 3.05) is 45.8 Å². The fourth-order valence-electron chi connectivity index (χ4n) is 3.16. The third kappa shape index (κ3) is 8.74. The van der Waals surface area contributed by atoms with Crippen LogP contribution in [0.1, 0.15) is 31.7 Å². The molecule has 1 amide bonds. The maximum atomic E-state index is 11.2. The van der Waals surface area contributed by atoms with Gasteiger partial charge < -0.3 is 25.0 Å². The van der Waals surface area contributed by atoms with Gasteiger partial charge in [-0.3, -0.25) is 9.79 Å². The molecule has 0 unspecified atom stereocenters. The summed E-state index contributed by atoms with van der Waals surface area (Å²) in [5.74, 6) is 0.834. The van der Waals surface area contributed by atoms with Crippen LogP contribution in [0.4, 0.5) is 5.69 Å². The van der Waals surface area contributed by atoms with E-state index in [9.17, 15) is 4.79 Å². The van der Waals surface area contributed by atoms with Crippen molar-refractivity contribution in [1.29, 1.82) is 0 Å². The number of carbonyl (C=O) groups is 1. The Kier molecular flexibility index (Phi) is 12.1. The molecule has 1 saturated heterocycles. The number of amides is 1. The number of hydrogen-bond acceptors (Lipinski definition) is 4. The van der Waals surface area contributed by atoms with Gasteiger partial charge in [0.1, 0.15) is 0 Å². The smallest absolute Gasteiger partial charge is 0.221 e. The minimum Gasteiger partial charge on any atom is -0.385 e. The van der Waals surface area contributed by atoms with Gasteiger partial charge in [-0.1, -0.05) is 12.1 Å². The molecule has 28 heavy (non-hydrogen) atoms. The highest BCUT2D eigenvalue weighted by molar-refractivity contribution is 14.0. The number of halogens is 1. The number of ether oxygens (including phenoxy) is 2. The van der Waals surface area contributed by atoms with Gasteiger partial charge in [0.25, 0.3) is 0 Å². The van der Waals surface area contributed by atoms with Crippen LogP contribution in [0, 0.1) is 0 Å². The number of guanidine groups is 1. The van der Waals surface area contributed by atoms with Crippen LogP contribution >= 0.6 is 24.0 Å². The Hall–Kier alpha value is -1.39. The number of rotatable bonds is 8. The largest absolute Gasteiger partial charge is 0.385 e. The highest BCUT2D eigenvalue weighted by Gasteiger charge is 2.21. The number of nitrogens with one attached hydrogen (secondary N) is 2. The van der Waals surface area contributed by atoms with Crippen molar-refractivity contribution in [1.82, 2.24) is 10.2 Å². The number of likely N-dealkylation sites (tertiary alicyclic amines) is 1. The van der Waals surface area contributed by atoms with Gasteiger partial charge in [0, 0.05) is 59.6 Å². The molecule has 158 valence electrons. The average Bonchev–Trinajstić information content (AvgIpc) is 2.66. The molecule has 0 aliphatic carbocycles. The Labute approximate surface area is 185 Å². The first-order valence-electron chi connectivity index (χ1n) is 9.55. The monoisotopic (exact) mass is 504 g/mol. The van der Waals surface area contributed by atoms with E-state index in [0.29, 0.717) is 12.6 Å². The van der Waals surface area contributed by atoms with Crippen molar-refractivity contribution in [2.24, 2.45) is 4.99 Å². The molecule has 0 saturated carbocycles. The first-order valence-corrected chi connectivity index (χ1v) is 9.55. The third-order valence-corrected chi connectivity index (χ3v) is 4.50. The maximum Gasteiger partial charge on any atom is 0.221 e. The van der Waals surface area contributed by atoms with E-state index in [-0.39, 0.29) is 29.9 Å². The number of carbonyl (C=O) groups excluding carboxylic acids is 1. The molecular formula is C20H33IN4O3. The van der Waals surface area contributed by atoms with Crippen LogP contribution in [0.2, 0.25) is 0 Å². The second-order valence-electron chi connectivity index (χ2n) is 6.69. The summed E-state index contributed by atoms with van der Waals surface area (Å²) in [5, 5.41) is 6.23. The van der Waals surface area contributed by atoms with Crippen molar-refractivity contribution in [3.63, 3.8) is 0 Å². The Morgan fingerprint density at radius 3 is 2.68 bits per heavy atom. The molecule has 1 heterocycles. The van der Waals surface area contributed by atoms with Gasteiger partial charge >= 0.3 is 0 Å². The van der Waals surface area contributed by atoms with Crippen LogP contribution in [-0.4, -0.2) is 63.3 Å². The van der Waals surface area contributed by atoms with E-state index >= 15 is 0 Å². The Morgan fingerprint density at radius 1 is 1.29 bits per heavy atom. The molecule has 1 aromatic carbocycles. The topological polar surface area (TPSA) is 75.2 Å². The number of benzene rings is 1. The number of methoxy groups -OCH3 is 1. The van der Waals surface area contributed by atoms with E-state index in [1.54, 1.807) is 7.11 Å². The summed E-state index contributed by atoms with van der Waals surface area (Å²) in [5.41, 5.74) is 1.90. The fraction of sp³-hybridized carbons (Fsp3) is 0.600. The summed E-state index contributed by atoms with van der Waals surface area (Å²) in [6, 6.07) is 7.84. The van der Waals surface area contributed by atoms with Gasteiger partial charge in [-0.05, 0) is 37.0 Å². The molecule has 7 nitrogen and oxygen atoms in total. The lowest BCUT2D eigenvalue weighted by molar-refractivity contribution is -0.114. The van der Waals surface area contributed by atoms with E-state index in [2.05, 4.69) is 20.5 Å². The molecule has 0 aromatic heterocycles. The Balaban J connectivity index is 0.00000392. The Morgan fingerprint density at radius 2 is 2.04 bits per heavy atom. The molecule has 0 bridgehead atoms. The molecule has 2 N–H and O–H groups in total. The number of aliphatic imine (C=N–C) groups is 1. The molecule has 8 heteroatoms. The lowest BCUT2D eigenvalue weighted by atomic mass is 10.1. The highest BCUT2D eigenvalue weighted by Crippen LogP contribution is 2.15. The van der Waals surface area contributed by atoms with Crippen LogP contribution < -0.4 is 10.6 Å². The first kappa shape index (κ1) is 24.6. The number of anilines is 1. The van der Waals surface area contributed by atoms with Crippen molar-refractivity contribution in [3.05, 3.63) is 29.8 Å². The van der Waals surface area contributed by atoms with Gasteiger partial charge in [-0.25, -0.2) is 0 Å². The summed E-state index contributed by atoms with van der Waals surface area (Å²) in [4.78, 5) is 17.9. The lowest BCUT2D eigenvalue weighted by Crippen LogP contribution is -2.46. The van der Waals surface area contributed by atoms with Crippen LogP contribution in [-0.2, 0) is 20.8 Å². The van der Waals surface area contributed by atoms with E-state index < -0.39 is 0 Å². The average molecular weight is 504 g/mol. The molecule has 0 radical (unpaired) electrons. The van der Waals surface area contributed by atoms with Gasteiger partial charge in [-0.2, -0.15) is 0 Å². The first-order chi connectivity index (χ1) is 13.1. The van der Waals surface area contributed by atoms with Gasteiger partial charge in [0.15, 0.2) is 5.96 Å². The van der Waals surface area contributed by atoms with Gasteiger partial charge in [0.2, 0.25) is 5.91 Å². The van der Waals surface area contributed by atoms with Crippen molar-refractivity contribution in [2.45, 2.75) is 38.8 Å². The minimum atomic E-state index is -0.0665. The normalized spacial score (nSPS) is 15.1. The lowest BCUT2D eigenvalue weighted by Gasteiger charge is -2.34. The molecular weight excluding hydrogens is 471 g/mol. The second-order valence-corrected chi connectivity index (χ2v) is 6.69. The summed E-state index contributed by atoms with van der Waals surface area (Å²) in [6.45, 7) is 5.54. The predicted octanol–water partition coefficient (Wildman–Crippen LogP) is 2.86. The molecule has 1 aliphatic heterocycles. The van der Waals surface area contributed by atoms with Crippen LogP contribution in [0.3, 0.4) is 0 Å². The minimum absolute atomic E-state index is 0. The predicted molar refractivity (Wildman–Crippen MR) is 123 cm³/mol. The van der Waals surface area contributed by atoms with Gasteiger partial charge in [0.05, 0.1) is 6.10 Å². The fourth-order valence-corrected chi connectivity index (χ4v) is 3.16. The zero-order valence-electron chi connectivity index (χ0n) is 17.1. The van der Waals surface area contributed by atoms with Gasteiger partial charge in [-0.15, -0.1) is 24.0 Å². The zero-order chi connectivity index (χ0) is 19.5. The summed E-state index contributed by atoms with van der Waals surface area (Å²) >= 11 is 0. The third-order valence-electron chi connectivity index (χ3n) is 4.50. The van der Waals surface area contributed by atoms with Crippen LogP contribution in [0.15, 0.2) is 29.3 Å². The standard InChI is InChI=1S/C20H32N4O3.HI/c1-16(25)23-18-7-4-6-17(14-18)15-22-20(21-2)24-10-8-19(9-11-24)27-13-5-12-26-3;/h4,6-7,14,19H,5,8-13,15H2,1-3H3,(H,21,22)(H,23,25);1H. The van der Waals surface area contributed by atoms with Crippen molar-refractivity contribution < 1.29 is 14.3 Å². The van der Waals surface area contributed by atoms with Crippen molar-refractivity contribution >= 4 is 41.5 Å². The van der Waals surface area contributed by atoms with Crippen LogP contribution in [0.25, 0.3) is 0 Å². The van der Waals surface area contributed by atoms with E-state index in [0.717, 1.165) is 62.8 Å². The zero-order valence-corrected chi connectivity index (χ0v) is 19.4. The highest BCUT2D eigenvalue weighted by atomic mass is 127. The van der Waals surface area contributed by atoms with E-state index in [1.165, 1.54) is 6.92 Å². The van der Waals surface area contributed by atoms with Crippen molar-refractivity contribution in [3.8, 4) is 0 Å². The molecule has 1 fully saturated rings. The summed E-state index contributed by atoms with van der Waals surface area (Å²) < 4.78 is 11.0. The molecule has 2 rings (SSSR count). The quantitative estimate of drug-likeness (QED) is 0.247.